The average molecular weight is 315 g/mol. The van der Waals surface area contributed by atoms with Gasteiger partial charge in [0.05, 0.1) is 19.7 Å². The maximum atomic E-state index is 12.6. The van der Waals surface area contributed by atoms with Crippen LogP contribution in [0.3, 0.4) is 0 Å². The average Bonchev–Trinajstić information content (AvgIpc) is 2.91. The monoisotopic (exact) mass is 315 g/mol. The number of alkyl halides is 2. The third-order valence-electron chi connectivity index (χ3n) is 4.49. The van der Waals surface area contributed by atoms with Gasteiger partial charge in [0, 0.05) is 32.2 Å². The molecule has 2 aliphatic rings. The number of hydrogen-bond donors (Lipinski definition) is 0. The van der Waals surface area contributed by atoms with Gasteiger partial charge in [-0.25, -0.2) is 8.78 Å². The maximum absolute atomic E-state index is 12.6. The first-order chi connectivity index (χ1) is 10.7. The molecule has 1 fully saturated rings. The smallest absolute Gasteiger partial charge is 0.251 e. The van der Waals surface area contributed by atoms with Crippen LogP contribution in [-0.2, 0) is 24.4 Å². The zero-order valence-corrected chi connectivity index (χ0v) is 12.9. The van der Waals surface area contributed by atoms with Crippen LogP contribution in [0, 0.1) is 0 Å². The van der Waals surface area contributed by atoms with Gasteiger partial charge in [-0.3, -0.25) is 9.80 Å². The second kappa shape index (κ2) is 6.97. The summed E-state index contributed by atoms with van der Waals surface area (Å²) in [6.45, 7) is 6.96. The number of fused-ring (bicyclic) bond motifs is 1. The van der Waals surface area contributed by atoms with E-state index >= 15 is 0 Å². The highest BCUT2D eigenvalue weighted by molar-refractivity contribution is 4.97. The molecule has 1 aromatic heterocycles. The Morgan fingerprint density at radius 1 is 1.27 bits per heavy atom. The zero-order valence-electron chi connectivity index (χ0n) is 12.9. The Bertz CT molecular complexity index is 496. The molecule has 0 aliphatic carbocycles. The van der Waals surface area contributed by atoms with Gasteiger partial charge in [-0.15, -0.1) is 10.2 Å². The molecule has 0 spiro atoms. The molecule has 6 nitrogen and oxygen atoms in total. The van der Waals surface area contributed by atoms with E-state index in [0.29, 0.717) is 19.8 Å². The van der Waals surface area contributed by atoms with Crippen LogP contribution in [0.1, 0.15) is 25.0 Å². The summed E-state index contributed by atoms with van der Waals surface area (Å²) in [6, 6.07) is 0.190. The van der Waals surface area contributed by atoms with Gasteiger partial charge in [0.25, 0.3) is 6.43 Å². The molecule has 3 heterocycles. The van der Waals surface area contributed by atoms with Gasteiger partial charge >= 0.3 is 0 Å². The van der Waals surface area contributed by atoms with Crippen molar-refractivity contribution in [3.05, 3.63) is 11.6 Å². The van der Waals surface area contributed by atoms with E-state index < -0.39 is 6.43 Å². The van der Waals surface area contributed by atoms with Gasteiger partial charge in [-0.2, -0.15) is 0 Å². The predicted octanol–water partition coefficient (Wildman–Crippen LogP) is 0.970. The second-order valence-corrected chi connectivity index (χ2v) is 5.92. The standard InChI is InChI=1S/C14H23F2N5O/c1-2-11-7-19(3-4-20(11)8-12(15)16)9-13-17-18-14-10-22-6-5-21(13)14/h11-12H,2-10H2,1H3/t11-/m1/s1. The van der Waals surface area contributed by atoms with E-state index in [1.54, 1.807) is 0 Å². The first-order valence-corrected chi connectivity index (χ1v) is 7.90. The van der Waals surface area contributed by atoms with E-state index in [0.717, 1.165) is 44.2 Å². The summed E-state index contributed by atoms with van der Waals surface area (Å²) in [7, 11) is 0. The van der Waals surface area contributed by atoms with Crippen molar-refractivity contribution >= 4 is 0 Å². The molecule has 0 bridgehead atoms. The number of hydrogen-bond acceptors (Lipinski definition) is 5. The van der Waals surface area contributed by atoms with Crippen molar-refractivity contribution < 1.29 is 13.5 Å². The quantitative estimate of drug-likeness (QED) is 0.810. The van der Waals surface area contributed by atoms with E-state index in [9.17, 15) is 8.78 Å². The highest BCUT2D eigenvalue weighted by atomic mass is 19.3. The van der Waals surface area contributed by atoms with Crippen molar-refractivity contribution in [1.82, 2.24) is 24.6 Å². The number of halogens is 2. The summed E-state index contributed by atoms with van der Waals surface area (Å²) < 4.78 is 32.8. The number of piperazine rings is 1. The Balaban J connectivity index is 1.61. The third kappa shape index (κ3) is 3.44. The van der Waals surface area contributed by atoms with E-state index in [1.165, 1.54) is 0 Å². The minimum atomic E-state index is -2.26. The Kier molecular flexibility index (Phi) is 5.00. The van der Waals surface area contributed by atoms with Gasteiger partial charge in [-0.05, 0) is 6.42 Å². The Morgan fingerprint density at radius 2 is 2.14 bits per heavy atom. The van der Waals surface area contributed by atoms with E-state index in [-0.39, 0.29) is 12.6 Å². The third-order valence-corrected chi connectivity index (χ3v) is 4.49. The lowest BCUT2D eigenvalue weighted by molar-refractivity contribution is 0.0154. The molecule has 2 aliphatic heterocycles. The van der Waals surface area contributed by atoms with Crippen LogP contribution in [0.2, 0.25) is 0 Å². The number of rotatable bonds is 5. The van der Waals surface area contributed by atoms with E-state index in [1.807, 2.05) is 4.90 Å². The SMILES string of the molecule is CC[C@@H]1CN(Cc2nnc3n2CCOC3)CCN1CC(F)F. The van der Waals surface area contributed by atoms with Crippen molar-refractivity contribution in [3.8, 4) is 0 Å². The summed E-state index contributed by atoms with van der Waals surface area (Å²) in [5, 5.41) is 8.44. The lowest BCUT2D eigenvalue weighted by Crippen LogP contribution is -2.53. The predicted molar refractivity (Wildman–Crippen MR) is 76.6 cm³/mol. The largest absolute Gasteiger partial charge is 0.372 e. The fourth-order valence-electron chi connectivity index (χ4n) is 3.28. The van der Waals surface area contributed by atoms with Crippen molar-refractivity contribution in [1.29, 1.82) is 0 Å². The fourth-order valence-corrected chi connectivity index (χ4v) is 3.28. The molecule has 1 atom stereocenters. The van der Waals surface area contributed by atoms with Crippen LogP contribution in [0.15, 0.2) is 0 Å². The highest BCUT2D eigenvalue weighted by Crippen LogP contribution is 2.17. The molecule has 0 amide bonds. The molecule has 1 aromatic rings. The Morgan fingerprint density at radius 3 is 2.91 bits per heavy atom. The summed E-state index contributed by atoms with van der Waals surface area (Å²) >= 11 is 0. The normalized spacial score (nSPS) is 23.9. The topological polar surface area (TPSA) is 46.4 Å². The van der Waals surface area contributed by atoms with Gasteiger partial charge < -0.3 is 9.30 Å². The van der Waals surface area contributed by atoms with Crippen LogP contribution in [0.4, 0.5) is 8.78 Å². The molecule has 8 heteroatoms. The molecule has 0 N–H and O–H groups in total. The lowest BCUT2D eigenvalue weighted by Gasteiger charge is -2.40. The summed E-state index contributed by atoms with van der Waals surface area (Å²) in [6.07, 6.45) is -1.38. The van der Waals surface area contributed by atoms with Crippen LogP contribution in [0.5, 0.6) is 0 Å². The Labute approximate surface area is 129 Å². The minimum absolute atomic E-state index is 0.121. The second-order valence-electron chi connectivity index (χ2n) is 5.92. The van der Waals surface area contributed by atoms with Crippen molar-refractivity contribution in [3.63, 3.8) is 0 Å². The highest BCUT2D eigenvalue weighted by Gasteiger charge is 2.28. The van der Waals surface area contributed by atoms with Gasteiger partial charge in [-0.1, -0.05) is 6.92 Å². The van der Waals surface area contributed by atoms with Crippen molar-refractivity contribution in [2.75, 3.05) is 32.8 Å². The van der Waals surface area contributed by atoms with Crippen LogP contribution in [0.25, 0.3) is 0 Å². The van der Waals surface area contributed by atoms with Gasteiger partial charge in [0.1, 0.15) is 12.4 Å². The van der Waals surface area contributed by atoms with Crippen LogP contribution >= 0.6 is 0 Å². The minimum Gasteiger partial charge on any atom is -0.372 e. The number of aromatic nitrogens is 3. The summed E-state index contributed by atoms with van der Waals surface area (Å²) in [5.74, 6) is 1.83. The molecule has 0 aromatic carbocycles. The molecule has 124 valence electrons. The van der Waals surface area contributed by atoms with Crippen molar-refractivity contribution in [2.45, 2.75) is 45.5 Å². The molecular formula is C14H23F2N5O. The zero-order chi connectivity index (χ0) is 15.5. The van der Waals surface area contributed by atoms with Gasteiger partial charge in [0.2, 0.25) is 0 Å². The first-order valence-electron chi connectivity index (χ1n) is 7.90. The molecule has 0 saturated carbocycles. The fraction of sp³-hybridized carbons (Fsp3) is 0.857. The van der Waals surface area contributed by atoms with Crippen LogP contribution < -0.4 is 0 Å². The maximum Gasteiger partial charge on any atom is 0.251 e. The first kappa shape index (κ1) is 15.8. The summed E-state index contributed by atoms with van der Waals surface area (Å²) in [4.78, 5) is 4.21. The molecule has 0 radical (unpaired) electrons. The van der Waals surface area contributed by atoms with Crippen LogP contribution in [-0.4, -0.2) is 69.8 Å². The van der Waals surface area contributed by atoms with Gasteiger partial charge in [0.15, 0.2) is 5.82 Å². The molecule has 3 rings (SSSR count). The number of nitrogens with zero attached hydrogens (tertiary/aromatic N) is 5. The Hall–Kier alpha value is -1.12. The molecule has 1 saturated heterocycles. The van der Waals surface area contributed by atoms with E-state index in [4.69, 9.17) is 4.74 Å². The molecule has 22 heavy (non-hydrogen) atoms. The molecule has 0 unspecified atom stereocenters. The summed E-state index contributed by atoms with van der Waals surface area (Å²) in [5.41, 5.74) is 0. The van der Waals surface area contributed by atoms with Crippen molar-refractivity contribution in [2.24, 2.45) is 0 Å². The van der Waals surface area contributed by atoms with E-state index in [2.05, 4.69) is 26.6 Å². The lowest BCUT2D eigenvalue weighted by atomic mass is 10.1. The number of ether oxygens (including phenoxy) is 1. The molecular weight excluding hydrogens is 292 g/mol.